The number of aromatic carboxylic acids is 1. The molecule has 0 fully saturated rings. The summed E-state index contributed by atoms with van der Waals surface area (Å²) in [5, 5.41) is 17.7. The van der Waals surface area contributed by atoms with Crippen LogP contribution in [-0.4, -0.2) is 19.4 Å². The van der Waals surface area contributed by atoms with Crippen LogP contribution in [0.4, 0.5) is 0 Å². The summed E-state index contributed by atoms with van der Waals surface area (Å²) >= 11 is 0. The number of benzene rings is 1. The van der Waals surface area contributed by atoms with E-state index in [-0.39, 0.29) is 5.56 Å². The number of nitriles is 1. The second-order valence-corrected chi connectivity index (χ2v) is 8.77. The predicted molar refractivity (Wildman–Crippen MR) is 62.1 cm³/mol. The number of hydrogen-bond donors (Lipinski definition) is 1. The molecule has 5 heteroatoms. The first-order valence-electron chi connectivity index (χ1n) is 4.80. The van der Waals surface area contributed by atoms with Crippen LogP contribution in [0.3, 0.4) is 0 Å². The van der Waals surface area contributed by atoms with E-state index in [4.69, 9.17) is 14.8 Å². The monoisotopic (exact) mass is 235 g/mol. The van der Waals surface area contributed by atoms with E-state index in [2.05, 4.69) is 0 Å². The average Bonchev–Trinajstić information content (AvgIpc) is 2.15. The van der Waals surface area contributed by atoms with Gasteiger partial charge < -0.3 is 9.53 Å². The van der Waals surface area contributed by atoms with Crippen molar-refractivity contribution in [1.82, 2.24) is 0 Å². The summed E-state index contributed by atoms with van der Waals surface area (Å²) < 4.78 is 5.64. The molecule has 0 amide bonds. The van der Waals surface area contributed by atoms with Crippen molar-refractivity contribution < 1.29 is 14.3 Å². The molecule has 0 unspecified atom stereocenters. The van der Waals surface area contributed by atoms with Crippen molar-refractivity contribution >= 4 is 14.3 Å². The lowest BCUT2D eigenvalue weighted by Crippen LogP contribution is -2.30. The minimum atomic E-state index is -1.85. The maximum absolute atomic E-state index is 11.0. The van der Waals surface area contributed by atoms with Crippen LogP contribution in [0.2, 0.25) is 19.6 Å². The molecule has 0 saturated heterocycles. The third kappa shape index (κ3) is 3.10. The standard InChI is InChI=1S/C11H13NO3Si/c1-16(2,3)15-10-5-4-8(7-12)6-9(10)11(13)14/h4-6H,1-3H3,(H,13,14). The zero-order valence-corrected chi connectivity index (χ0v) is 10.4. The first-order valence-corrected chi connectivity index (χ1v) is 8.21. The van der Waals surface area contributed by atoms with E-state index in [0.717, 1.165) is 0 Å². The molecule has 4 nitrogen and oxygen atoms in total. The second-order valence-electron chi connectivity index (χ2n) is 4.34. The van der Waals surface area contributed by atoms with Crippen molar-refractivity contribution in [1.29, 1.82) is 5.26 Å². The summed E-state index contributed by atoms with van der Waals surface area (Å²) in [5.74, 6) is -0.740. The molecule has 0 saturated carbocycles. The van der Waals surface area contributed by atoms with Crippen LogP contribution in [0.25, 0.3) is 0 Å². The zero-order chi connectivity index (χ0) is 12.3. The molecule has 16 heavy (non-hydrogen) atoms. The Kier molecular flexibility index (Phi) is 3.35. The lowest BCUT2D eigenvalue weighted by atomic mass is 10.1. The molecule has 0 aliphatic heterocycles. The normalized spacial score (nSPS) is 10.6. The van der Waals surface area contributed by atoms with Crippen LogP contribution < -0.4 is 4.43 Å². The molecule has 0 bridgehead atoms. The highest BCUT2D eigenvalue weighted by molar-refractivity contribution is 6.70. The Labute approximate surface area is 95.2 Å². The Balaban J connectivity index is 3.20. The summed E-state index contributed by atoms with van der Waals surface area (Å²) in [4.78, 5) is 11.0. The Morgan fingerprint density at radius 3 is 2.50 bits per heavy atom. The molecule has 1 N–H and O–H groups in total. The van der Waals surface area contributed by atoms with Gasteiger partial charge in [0, 0.05) is 0 Å². The van der Waals surface area contributed by atoms with Gasteiger partial charge in [-0.25, -0.2) is 4.79 Å². The maximum Gasteiger partial charge on any atom is 0.339 e. The average molecular weight is 235 g/mol. The molecule has 0 spiro atoms. The van der Waals surface area contributed by atoms with Crippen LogP contribution in [0, 0.1) is 11.3 Å². The lowest BCUT2D eigenvalue weighted by Gasteiger charge is -2.20. The van der Waals surface area contributed by atoms with Gasteiger partial charge >= 0.3 is 5.97 Å². The first kappa shape index (κ1) is 12.3. The molecular weight excluding hydrogens is 222 g/mol. The summed E-state index contributed by atoms with van der Waals surface area (Å²) in [7, 11) is -1.85. The quantitative estimate of drug-likeness (QED) is 0.817. The summed E-state index contributed by atoms with van der Waals surface area (Å²) in [6.07, 6.45) is 0. The van der Waals surface area contributed by atoms with Gasteiger partial charge in [0.25, 0.3) is 0 Å². The number of carboxylic acid groups (broad SMARTS) is 1. The van der Waals surface area contributed by atoms with Gasteiger partial charge in [-0.1, -0.05) is 0 Å². The van der Waals surface area contributed by atoms with Gasteiger partial charge in [0.2, 0.25) is 8.32 Å². The summed E-state index contributed by atoms with van der Waals surface area (Å²) in [6, 6.07) is 6.34. The van der Waals surface area contributed by atoms with Crippen LogP contribution >= 0.6 is 0 Å². The van der Waals surface area contributed by atoms with Crippen LogP contribution in [0.1, 0.15) is 15.9 Å². The first-order chi connectivity index (χ1) is 7.33. The van der Waals surface area contributed by atoms with Gasteiger partial charge in [0.05, 0.1) is 11.6 Å². The molecular formula is C11H13NO3Si. The molecule has 1 aromatic carbocycles. The molecule has 0 heterocycles. The third-order valence-corrected chi connectivity index (χ3v) is 2.59. The summed E-state index contributed by atoms with van der Waals surface area (Å²) in [6.45, 7) is 5.91. The van der Waals surface area contributed by atoms with Gasteiger partial charge in [0.15, 0.2) is 0 Å². The Hall–Kier alpha value is -1.80. The van der Waals surface area contributed by atoms with Crippen molar-refractivity contribution in [3.8, 4) is 11.8 Å². The highest BCUT2D eigenvalue weighted by atomic mass is 28.4. The van der Waals surface area contributed by atoms with E-state index >= 15 is 0 Å². The van der Waals surface area contributed by atoms with Crippen molar-refractivity contribution in [3.05, 3.63) is 29.3 Å². The molecule has 0 radical (unpaired) electrons. The van der Waals surface area contributed by atoms with Crippen LogP contribution in [-0.2, 0) is 0 Å². The van der Waals surface area contributed by atoms with Gasteiger partial charge in [-0.15, -0.1) is 0 Å². The Bertz CT molecular complexity index is 457. The van der Waals surface area contributed by atoms with Gasteiger partial charge in [0.1, 0.15) is 11.3 Å². The van der Waals surface area contributed by atoms with Crippen molar-refractivity contribution in [3.63, 3.8) is 0 Å². The van der Waals surface area contributed by atoms with Gasteiger partial charge in [-0.2, -0.15) is 5.26 Å². The third-order valence-electron chi connectivity index (χ3n) is 1.76. The van der Waals surface area contributed by atoms with E-state index in [1.54, 1.807) is 12.1 Å². The topological polar surface area (TPSA) is 70.3 Å². The summed E-state index contributed by atoms with van der Waals surface area (Å²) in [5.41, 5.74) is 0.363. The highest BCUT2D eigenvalue weighted by Crippen LogP contribution is 2.23. The van der Waals surface area contributed by atoms with E-state index in [0.29, 0.717) is 11.3 Å². The largest absolute Gasteiger partial charge is 0.544 e. The number of rotatable bonds is 3. The molecule has 0 aliphatic carbocycles. The predicted octanol–water partition coefficient (Wildman–Crippen LogP) is 2.47. The van der Waals surface area contributed by atoms with Crippen molar-refractivity contribution in [2.75, 3.05) is 0 Å². The fourth-order valence-corrected chi connectivity index (χ4v) is 2.02. The van der Waals surface area contributed by atoms with E-state index in [9.17, 15) is 4.79 Å². The van der Waals surface area contributed by atoms with Crippen LogP contribution in [0.5, 0.6) is 5.75 Å². The fraction of sp³-hybridized carbons (Fsp3) is 0.273. The van der Waals surface area contributed by atoms with E-state index in [1.165, 1.54) is 6.07 Å². The fourth-order valence-electron chi connectivity index (χ4n) is 1.19. The zero-order valence-electron chi connectivity index (χ0n) is 9.44. The van der Waals surface area contributed by atoms with Crippen LogP contribution in [0.15, 0.2) is 18.2 Å². The van der Waals surface area contributed by atoms with E-state index < -0.39 is 14.3 Å². The Morgan fingerprint density at radius 1 is 1.44 bits per heavy atom. The molecule has 0 atom stereocenters. The molecule has 0 aromatic heterocycles. The van der Waals surface area contributed by atoms with Crippen molar-refractivity contribution in [2.45, 2.75) is 19.6 Å². The number of carbonyl (C=O) groups is 1. The maximum atomic E-state index is 11.0. The molecule has 1 aromatic rings. The minimum Gasteiger partial charge on any atom is -0.544 e. The minimum absolute atomic E-state index is 0.0430. The van der Waals surface area contributed by atoms with Crippen molar-refractivity contribution in [2.24, 2.45) is 0 Å². The van der Waals surface area contributed by atoms with Gasteiger partial charge in [-0.05, 0) is 37.8 Å². The highest BCUT2D eigenvalue weighted by Gasteiger charge is 2.20. The van der Waals surface area contributed by atoms with Gasteiger partial charge in [-0.3, -0.25) is 0 Å². The smallest absolute Gasteiger partial charge is 0.339 e. The SMILES string of the molecule is C[Si](C)(C)Oc1ccc(C#N)cc1C(=O)O. The number of nitrogens with zero attached hydrogens (tertiary/aromatic N) is 1. The van der Waals surface area contributed by atoms with E-state index in [1.807, 2.05) is 25.7 Å². The number of carboxylic acids is 1. The number of hydrogen-bond acceptors (Lipinski definition) is 3. The molecule has 1 rings (SSSR count). The second kappa shape index (κ2) is 4.37. The lowest BCUT2D eigenvalue weighted by molar-refractivity contribution is 0.0695. The molecule has 84 valence electrons. The molecule has 0 aliphatic rings. The Morgan fingerprint density at radius 2 is 2.06 bits per heavy atom.